The van der Waals surface area contributed by atoms with Crippen LogP contribution in [0.2, 0.25) is 0 Å². The van der Waals surface area contributed by atoms with Gasteiger partial charge >= 0.3 is 0 Å². The summed E-state index contributed by atoms with van der Waals surface area (Å²) in [6.07, 6.45) is 5.07. The lowest BCUT2D eigenvalue weighted by Gasteiger charge is -2.28. The Morgan fingerprint density at radius 3 is 2.50 bits per heavy atom. The van der Waals surface area contributed by atoms with Crippen LogP contribution in [0, 0.1) is 11.8 Å². The largest absolute Gasteiger partial charge is 0.393 e. The van der Waals surface area contributed by atoms with Gasteiger partial charge in [-0.15, -0.1) is 0 Å². The highest BCUT2D eigenvalue weighted by atomic mass is 16.3. The van der Waals surface area contributed by atoms with Crippen molar-refractivity contribution in [1.29, 1.82) is 0 Å². The van der Waals surface area contributed by atoms with Gasteiger partial charge in [0.1, 0.15) is 0 Å². The van der Waals surface area contributed by atoms with Gasteiger partial charge in [0, 0.05) is 0 Å². The van der Waals surface area contributed by atoms with Gasteiger partial charge in [0.25, 0.3) is 0 Å². The van der Waals surface area contributed by atoms with Crippen molar-refractivity contribution in [3.05, 3.63) is 0 Å². The highest BCUT2D eigenvalue weighted by Gasteiger charge is 2.21. The number of hydrogen-bond donors (Lipinski definition) is 1. The molecular formula is C9H18O. The molecule has 0 spiro atoms. The predicted molar refractivity (Wildman–Crippen MR) is 42.8 cm³/mol. The summed E-state index contributed by atoms with van der Waals surface area (Å²) in [6, 6.07) is 0. The first-order valence-corrected chi connectivity index (χ1v) is 4.38. The van der Waals surface area contributed by atoms with Crippen molar-refractivity contribution in [2.45, 2.75) is 45.6 Å². The van der Waals surface area contributed by atoms with E-state index >= 15 is 0 Å². The first-order valence-electron chi connectivity index (χ1n) is 4.38. The monoisotopic (exact) mass is 142 g/mol. The van der Waals surface area contributed by atoms with E-state index < -0.39 is 0 Å². The molecule has 1 fully saturated rings. The van der Waals surface area contributed by atoms with Gasteiger partial charge in [-0.3, -0.25) is 0 Å². The summed E-state index contributed by atoms with van der Waals surface area (Å²) in [6.45, 7) is 4.21. The van der Waals surface area contributed by atoms with Crippen LogP contribution in [-0.2, 0) is 0 Å². The van der Waals surface area contributed by atoms with E-state index in [0.717, 1.165) is 5.92 Å². The molecular weight excluding hydrogens is 124 g/mol. The summed E-state index contributed by atoms with van der Waals surface area (Å²) in [7, 11) is 0. The molecule has 1 aliphatic carbocycles. The molecule has 60 valence electrons. The standard InChI is InChI=1S/C9H18O/c1-7-4-3-5-9(6-7)8(2)10/h7-10H,3-6H2,1-2H3/t7?,8-,9?/m0/s1. The highest BCUT2D eigenvalue weighted by molar-refractivity contribution is 4.73. The maximum atomic E-state index is 9.29. The fraction of sp³-hybridized carbons (Fsp3) is 1.00. The molecule has 1 aliphatic rings. The molecule has 0 aromatic heterocycles. The van der Waals surface area contributed by atoms with Gasteiger partial charge in [-0.25, -0.2) is 0 Å². The molecule has 1 saturated carbocycles. The summed E-state index contributed by atoms with van der Waals surface area (Å²) in [5, 5.41) is 9.29. The molecule has 0 aliphatic heterocycles. The van der Waals surface area contributed by atoms with Crippen LogP contribution >= 0.6 is 0 Å². The minimum atomic E-state index is -0.0808. The Kier molecular flexibility index (Phi) is 2.72. The zero-order valence-electron chi connectivity index (χ0n) is 7.01. The smallest absolute Gasteiger partial charge is 0.0540 e. The molecule has 1 nitrogen and oxygen atoms in total. The van der Waals surface area contributed by atoms with E-state index in [2.05, 4.69) is 6.92 Å². The Hall–Kier alpha value is -0.0400. The molecule has 0 radical (unpaired) electrons. The highest BCUT2D eigenvalue weighted by Crippen LogP contribution is 2.30. The first-order chi connectivity index (χ1) is 4.70. The topological polar surface area (TPSA) is 20.2 Å². The van der Waals surface area contributed by atoms with Crippen molar-refractivity contribution >= 4 is 0 Å². The van der Waals surface area contributed by atoms with E-state index in [-0.39, 0.29) is 6.10 Å². The second-order valence-electron chi connectivity index (χ2n) is 3.77. The minimum Gasteiger partial charge on any atom is -0.393 e. The van der Waals surface area contributed by atoms with E-state index in [4.69, 9.17) is 0 Å². The molecule has 2 unspecified atom stereocenters. The molecule has 0 bridgehead atoms. The lowest BCUT2D eigenvalue weighted by molar-refractivity contribution is 0.0866. The third-order valence-corrected chi connectivity index (χ3v) is 2.66. The van der Waals surface area contributed by atoms with Crippen LogP contribution in [0.3, 0.4) is 0 Å². The normalized spacial score (nSPS) is 37.5. The number of rotatable bonds is 1. The molecule has 0 heterocycles. The Bertz CT molecular complexity index is 98.9. The maximum absolute atomic E-state index is 9.29. The lowest BCUT2D eigenvalue weighted by Crippen LogP contribution is -2.23. The van der Waals surface area contributed by atoms with Crippen LogP contribution in [0.1, 0.15) is 39.5 Å². The van der Waals surface area contributed by atoms with Crippen molar-refractivity contribution in [1.82, 2.24) is 0 Å². The lowest BCUT2D eigenvalue weighted by atomic mass is 9.80. The van der Waals surface area contributed by atoms with Gasteiger partial charge in [0.05, 0.1) is 6.10 Å². The van der Waals surface area contributed by atoms with Gasteiger partial charge in [0.15, 0.2) is 0 Å². The summed E-state index contributed by atoms with van der Waals surface area (Å²) >= 11 is 0. The number of aliphatic hydroxyl groups is 1. The van der Waals surface area contributed by atoms with Gasteiger partial charge in [-0.1, -0.05) is 19.8 Å². The summed E-state index contributed by atoms with van der Waals surface area (Å²) < 4.78 is 0. The molecule has 0 saturated heterocycles. The Morgan fingerprint density at radius 2 is 2.10 bits per heavy atom. The van der Waals surface area contributed by atoms with Crippen molar-refractivity contribution < 1.29 is 5.11 Å². The molecule has 1 heteroatoms. The third-order valence-electron chi connectivity index (χ3n) is 2.66. The summed E-state index contributed by atoms with van der Waals surface area (Å²) in [4.78, 5) is 0. The Labute approximate surface area is 63.4 Å². The van der Waals surface area contributed by atoms with Crippen molar-refractivity contribution in [2.75, 3.05) is 0 Å². The number of hydrogen-bond acceptors (Lipinski definition) is 1. The minimum absolute atomic E-state index is 0.0808. The SMILES string of the molecule is CC1CCCC([C@H](C)O)C1. The molecule has 0 amide bonds. The zero-order chi connectivity index (χ0) is 7.56. The van der Waals surface area contributed by atoms with Crippen LogP contribution in [0.15, 0.2) is 0 Å². The Balaban J connectivity index is 2.32. The fourth-order valence-corrected chi connectivity index (χ4v) is 1.92. The molecule has 10 heavy (non-hydrogen) atoms. The van der Waals surface area contributed by atoms with Gasteiger partial charge in [-0.05, 0) is 31.6 Å². The third kappa shape index (κ3) is 1.98. The van der Waals surface area contributed by atoms with E-state index in [0.29, 0.717) is 5.92 Å². The van der Waals surface area contributed by atoms with Crippen LogP contribution in [0.4, 0.5) is 0 Å². The van der Waals surface area contributed by atoms with Crippen LogP contribution in [-0.4, -0.2) is 11.2 Å². The molecule has 1 N–H and O–H groups in total. The first kappa shape index (κ1) is 8.06. The number of aliphatic hydroxyl groups excluding tert-OH is 1. The average molecular weight is 142 g/mol. The second kappa shape index (κ2) is 3.38. The van der Waals surface area contributed by atoms with Crippen molar-refractivity contribution in [3.8, 4) is 0 Å². The maximum Gasteiger partial charge on any atom is 0.0540 e. The van der Waals surface area contributed by atoms with E-state index in [1.54, 1.807) is 0 Å². The van der Waals surface area contributed by atoms with Crippen molar-refractivity contribution in [2.24, 2.45) is 11.8 Å². The van der Waals surface area contributed by atoms with E-state index in [9.17, 15) is 5.11 Å². The average Bonchev–Trinajstić information content (AvgIpc) is 1.88. The molecule has 0 aromatic rings. The Morgan fingerprint density at radius 1 is 1.40 bits per heavy atom. The predicted octanol–water partition coefficient (Wildman–Crippen LogP) is 2.19. The van der Waals surface area contributed by atoms with Gasteiger partial charge in [0.2, 0.25) is 0 Å². The van der Waals surface area contributed by atoms with Crippen LogP contribution < -0.4 is 0 Å². The summed E-state index contributed by atoms with van der Waals surface area (Å²) in [5.74, 6) is 1.43. The summed E-state index contributed by atoms with van der Waals surface area (Å²) in [5.41, 5.74) is 0. The molecule has 1 rings (SSSR count). The fourth-order valence-electron chi connectivity index (χ4n) is 1.92. The van der Waals surface area contributed by atoms with Gasteiger partial charge in [-0.2, -0.15) is 0 Å². The molecule has 0 aromatic carbocycles. The van der Waals surface area contributed by atoms with E-state index in [1.165, 1.54) is 25.7 Å². The zero-order valence-corrected chi connectivity index (χ0v) is 7.01. The molecule has 3 atom stereocenters. The van der Waals surface area contributed by atoms with Gasteiger partial charge < -0.3 is 5.11 Å². The quantitative estimate of drug-likeness (QED) is 0.595. The van der Waals surface area contributed by atoms with Crippen LogP contribution in [0.5, 0.6) is 0 Å². The second-order valence-corrected chi connectivity index (χ2v) is 3.77. The van der Waals surface area contributed by atoms with Crippen molar-refractivity contribution in [3.63, 3.8) is 0 Å². The van der Waals surface area contributed by atoms with Crippen LogP contribution in [0.25, 0.3) is 0 Å². The van der Waals surface area contributed by atoms with E-state index in [1.807, 2.05) is 6.92 Å².